The minimum absolute atomic E-state index is 0.0105. The fraction of sp³-hybridized carbons (Fsp3) is 0.556. The second-order valence-electron chi connectivity index (χ2n) is 6.85. The van der Waals surface area contributed by atoms with E-state index in [9.17, 15) is 9.59 Å². The number of anilines is 1. The van der Waals surface area contributed by atoms with Gasteiger partial charge in [0, 0.05) is 30.9 Å². The molecule has 7 heteroatoms. The molecule has 25 heavy (non-hydrogen) atoms. The lowest BCUT2D eigenvalue weighted by Crippen LogP contribution is -2.46. The van der Waals surface area contributed by atoms with Crippen LogP contribution in [0.15, 0.2) is 18.2 Å². The SMILES string of the molecule is NCC(NC(=O)C1CCN(c2ccc3c(c2)OCCO3)C1=O)C1CC1. The van der Waals surface area contributed by atoms with Crippen molar-refractivity contribution in [2.75, 3.05) is 31.2 Å². The van der Waals surface area contributed by atoms with Gasteiger partial charge in [-0.15, -0.1) is 0 Å². The summed E-state index contributed by atoms with van der Waals surface area (Å²) in [5.41, 5.74) is 6.48. The Kier molecular flexibility index (Phi) is 4.25. The Labute approximate surface area is 146 Å². The Balaban J connectivity index is 1.45. The first-order valence-corrected chi connectivity index (χ1v) is 8.89. The van der Waals surface area contributed by atoms with Crippen LogP contribution in [-0.2, 0) is 9.59 Å². The average molecular weight is 345 g/mol. The zero-order valence-electron chi connectivity index (χ0n) is 14.1. The number of rotatable bonds is 5. The molecule has 2 atom stereocenters. The molecule has 1 aromatic carbocycles. The van der Waals surface area contributed by atoms with Gasteiger partial charge in [0.2, 0.25) is 11.8 Å². The Hall–Kier alpha value is -2.28. The maximum atomic E-state index is 12.7. The van der Waals surface area contributed by atoms with E-state index in [1.54, 1.807) is 11.0 Å². The summed E-state index contributed by atoms with van der Waals surface area (Å²) in [6, 6.07) is 5.43. The molecule has 0 bridgehead atoms. The molecule has 0 spiro atoms. The summed E-state index contributed by atoms with van der Waals surface area (Å²) < 4.78 is 11.1. The predicted octanol–water partition coefficient (Wildman–Crippen LogP) is 0.664. The standard InChI is InChI=1S/C18H23N3O4/c19-10-14(11-1-2-11)20-17(22)13-5-6-21(18(13)23)12-3-4-15-16(9-12)25-8-7-24-15/h3-4,9,11,13-14H,1-2,5-8,10,19H2,(H,20,22). The summed E-state index contributed by atoms with van der Waals surface area (Å²) in [6.45, 7) is 1.97. The molecule has 2 amide bonds. The fourth-order valence-electron chi connectivity index (χ4n) is 3.53. The van der Waals surface area contributed by atoms with Gasteiger partial charge in [0.15, 0.2) is 11.5 Å². The number of carbonyl (C=O) groups is 2. The van der Waals surface area contributed by atoms with Crippen molar-refractivity contribution in [2.24, 2.45) is 17.6 Å². The molecule has 2 aliphatic heterocycles. The normalized spacial score (nSPS) is 23.5. The first-order chi connectivity index (χ1) is 12.2. The monoisotopic (exact) mass is 345 g/mol. The molecule has 7 nitrogen and oxygen atoms in total. The van der Waals surface area contributed by atoms with Crippen molar-refractivity contribution in [3.05, 3.63) is 18.2 Å². The van der Waals surface area contributed by atoms with Crippen molar-refractivity contribution in [1.29, 1.82) is 0 Å². The molecule has 2 fully saturated rings. The van der Waals surface area contributed by atoms with Crippen LogP contribution in [0, 0.1) is 11.8 Å². The molecule has 2 heterocycles. The molecule has 2 unspecified atom stereocenters. The van der Waals surface area contributed by atoms with E-state index >= 15 is 0 Å². The van der Waals surface area contributed by atoms with Crippen LogP contribution < -0.4 is 25.4 Å². The highest BCUT2D eigenvalue weighted by Crippen LogP contribution is 2.36. The van der Waals surface area contributed by atoms with E-state index in [1.807, 2.05) is 12.1 Å². The molecule has 1 aliphatic carbocycles. The number of ether oxygens (including phenoxy) is 2. The van der Waals surface area contributed by atoms with E-state index in [4.69, 9.17) is 15.2 Å². The third-order valence-corrected chi connectivity index (χ3v) is 5.13. The van der Waals surface area contributed by atoms with E-state index < -0.39 is 5.92 Å². The van der Waals surface area contributed by atoms with Gasteiger partial charge in [-0.2, -0.15) is 0 Å². The van der Waals surface area contributed by atoms with Crippen molar-refractivity contribution in [3.63, 3.8) is 0 Å². The van der Waals surface area contributed by atoms with Crippen molar-refractivity contribution in [2.45, 2.75) is 25.3 Å². The Bertz CT molecular complexity index is 689. The molecule has 3 aliphatic rings. The highest BCUT2D eigenvalue weighted by molar-refractivity contribution is 6.09. The molecular weight excluding hydrogens is 322 g/mol. The number of nitrogens with two attached hydrogens (primary N) is 1. The molecule has 134 valence electrons. The van der Waals surface area contributed by atoms with E-state index in [2.05, 4.69) is 5.32 Å². The van der Waals surface area contributed by atoms with E-state index in [0.29, 0.717) is 50.1 Å². The zero-order valence-corrected chi connectivity index (χ0v) is 14.1. The van der Waals surface area contributed by atoms with Gasteiger partial charge in [0.1, 0.15) is 19.1 Å². The number of hydrogen-bond acceptors (Lipinski definition) is 5. The van der Waals surface area contributed by atoms with Crippen LogP contribution in [0.4, 0.5) is 5.69 Å². The van der Waals surface area contributed by atoms with Crippen LogP contribution in [0.1, 0.15) is 19.3 Å². The van der Waals surface area contributed by atoms with Gasteiger partial charge in [0.25, 0.3) is 0 Å². The van der Waals surface area contributed by atoms with Crippen molar-refractivity contribution in [1.82, 2.24) is 5.32 Å². The van der Waals surface area contributed by atoms with Crippen LogP contribution >= 0.6 is 0 Å². The fourth-order valence-corrected chi connectivity index (χ4v) is 3.53. The van der Waals surface area contributed by atoms with Crippen LogP contribution in [0.25, 0.3) is 0 Å². The lowest BCUT2D eigenvalue weighted by Gasteiger charge is -2.22. The third kappa shape index (κ3) is 3.16. The van der Waals surface area contributed by atoms with Gasteiger partial charge in [0.05, 0.1) is 0 Å². The molecule has 4 rings (SSSR count). The highest BCUT2D eigenvalue weighted by Gasteiger charge is 2.40. The van der Waals surface area contributed by atoms with E-state index in [-0.39, 0.29) is 17.9 Å². The van der Waals surface area contributed by atoms with Gasteiger partial charge in [-0.25, -0.2) is 0 Å². The van der Waals surface area contributed by atoms with Crippen molar-refractivity contribution >= 4 is 17.5 Å². The summed E-state index contributed by atoms with van der Waals surface area (Å²) in [5, 5.41) is 2.97. The zero-order chi connectivity index (χ0) is 17.4. The van der Waals surface area contributed by atoms with Crippen LogP contribution in [0.2, 0.25) is 0 Å². The van der Waals surface area contributed by atoms with Crippen LogP contribution in [-0.4, -0.2) is 44.2 Å². The quantitative estimate of drug-likeness (QED) is 0.765. The molecule has 1 aromatic rings. The molecule has 3 N–H and O–H groups in total. The number of carbonyl (C=O) groups excluding carboxylic acids is 2. The summed E-state index contributed by atoms with van der Waals surface area (Å²) in [5.74, 6) is 0.793. The maximum absolute atomic E-state index is 12.7. The number of nitrogens with zero attached hydrogens (tertiary/aromatic N) is 1. The lowest BCUT2D eigenvalue weighted by atomic mass is 10.1. The minimum atomic E-state index is -0.638. The van der Waals surface area contributed by atoms with Gasteiger partial charge in [-0.05, 0) is 37.3 Å². The number of nitrogens with one attached hydrogen (secondary N) is 1. The second-order valence-corrected chi connectivity index (χ2v) is 6.85. The molecular formula is C18H23N3O4. The maximum Gasteiger partial charge on any atom is 0.239 e. The first kappa shape index (κ1) is 16.2. The summed E-state index contributed by atoms with van der Waals surface area (Å²) in [6.07, 6.45) is 2.72. The Morgan fingerprint density at radius 1 is 1.24 bits per heavy atom. The summed E-state index contributed by atoms with van der Waals surface area (Å²) in [4.78, 5) is 26.9. The topological polar surface area (TPSA) is 93.9 Å². The third-order valence-electron chi connectivity index (χ3n) is 5.13. The highest BCUT2D eigenvalue weighted by atomic mass is 16.6. The van der Waals surface area contributed by atoms with Gasteiger partial charge < -0.3 is 25.4 Å². The van der Waals surface area contributed by atoms with Gasteiger partial charge in [-0.3, -0.25) is 9.59 Å². The number of hydrogen-bond donors (Lipinski definition) is 2. The minimum Gasteiger partial charge on any atom is -0.486 e. The Morgan fingerprint density at radius 2 is 2.00 bits per heavy atom. The molecule has 0 aromatic heterocycles. The first-order valence-electron chi connectivity index (χ1n) is 8.89. The number of fused-ring (bicyclic) bond motifs is 1. The van der Waals surface area contributed by atoms with Crippen LogP contribution in [0.5, 0.6) is 11.5 Å². The predicted molar refractivity (Wildman–Crippen MR) is 91.6 cm³/mol. The summed E-state index contributed by atoms with van der Waals surface area (Å²) in [7, 11) is 0. The van der Waals surface area contributed by atoms with Crippen molar-refractivity contribution in [3.8, 4) is 11.5 Å². The summed E-state index contributed by atoms with van der Waals surface area (Å²) >= 11 is 0. The van der Waals surface area contributed by atoms with E-state index in [0.717, 1.165) is 18.5 Å². The van der Waals surface area contributed by atoms with Gasteiger partial charge >= 0.3 is 0 Å². The number of amides is 2. The molecule has 1 saturated heterocycles. The lowest BCUT2D eigenvalue weighted by molar-refractivity contribution is -0.132. The van der Waals surface area contributed by atoms with E-state index in [1.165, 1.54) is 0 Å². The van der Waals surface area contributed by atoms with Crippen molar-refractivity contribution < 1.29 is 19.1 Å². The average Bonchev–Trinajstić information content (AvgIpc) is 3.41. The molecule has 1 saturated carbocycles. The largest absolute Gasteiger partial charge is 0.486 e. The van der Waals surface area contributed by atoms with Gasteiger partial charge in [-0.1, -0.05) is 0 Å². The molecule has 0 radical (unpaired) electrons. The Morgan fingerprint density at radius 3 is 2.72 bits per heavy atom. The smallest absolute Gasteiger partial charge is 0.239 e. The second kappa shape index (κ2) is 6.55. The van der Waals surface area contributed by atoms with Crippen LogP contribution in [0.3, 0.4) is 0 Å². The number of benzene rings is 1.